The Morgan fingerprint density at radius 3 is 2.69 bits per heavy atom. The first-order valence-corrected chi connectivity index (χ1v) is 10.6. The predicted molar refractivity (Wildman–Crippen MR) is 109 cm³/mol. The summed E-state index contributed by atoms with van der Waals surface area (Å²) in [6.45, 7) is 3.23. The van der Waals surface area contributed by atoms with E-state index in [1.165, 1.54) is 4.90 Å². The Labute approximate surface area is 172 Å². The van der Waals surface area contributed by atoms with Gasteiger partial charge >= 0.3 is 6.03 Å². The smallest absolute Gasteiger partial charge is 0.326 e. The quantitative estimate of drug-likeness (QED) is 0.767. The van der Waals surface area contributed by atoms with Crippen LogP contribution >= 0.6 is 0 Å². The lowest BCUT2D eigenvalue weighted by Crippen LogP contribution is -2.54. The Kier molecular flexibility index (Phi) is 5.42. The Hall–Kier alpha value is -2.28. The summed E-state index contributed by atoms with van der Waals surface area (Å²) in [7, 11) is 3.31. The van der Waals surface area contributed by atoms with Gasteiger partial charge in [0.15, 0.2) is 0 Å². The molecule has 2 aliphatic heterocycles. The first-order chi connectivity index (χ1) is 14.0. The van der Waals surface area contributed by atoms with Gasteiger partial charge in [0.05, 0.1) is 20.9 Å². The molecule has 2 saturated heterocycles. The van der Waals surface area contributed by atoms with E-state index in [-0.39, 0.29) is 23.9 Å². The third kappa shape index (κ3) is 3.35. The molecule has 1 aromatic rings. The van der Waals surface area contributed by atoms with Gasteiger partial charge in [0.25, 0.3) is 5.91 Å². The van der Waals surface area contributed by atoms with E-state index >= 15 is 0 Å². The number of benzene rings is 1. The van der Waals surface area contributed by atoms with Crippen molar-refractivity contribution in [3.63, 3.8) is 0 Å². The Morgan fingerprint density at radius 2 is 1.97 bits per heavy atom. The van der Waals surface area contributed by atoms with Crippen molar-refractivity contribution in [2.75, 3.05) is 27.4 Å². The molecule has 3 atom stereocenters. The molecule has 0 bridgehead atoms. The number of urea groups is 1. The molecule has 1 aromatic carbocycles. The van der Waals surface area contributed by atoms with E-state index in [0.717, 1.165) is 62.1 Å². The number of likely N-dealkylation sites (tertiary alicyclic amines) is 1. The maximum absolute atomic E-state index is 13.3. The van der Waals surface area contributed by atoms with Gasteiger partial charge in [-0.1, -0.05) is 19.8 Å². The maximum atomic E-state index is 13.3. The molecule has 4 rings (SSSR count). The summed E-state index contributed by atoms with van der Waals surface area (Å²) in [4.78, 5) is 29.7. The second kappa shape index (κ2) is 7.86. The van der Waals surface area contributed by atoms with Crippen molar-refractivity contribution in [3.05, 3.63) is 23.8 Å². The van der Waals surface area contributed by atoms with Gasteiger partial charge in [-0.05, 0) is 49.8 Å². The lowest BCUT2D eigenvalue weighted by molar-refractivity contribution is -0.135. The molecule has 1 saturated carbocycles. The number of hydrogen-bond acceptors (Lipinski definition) is 5. The molecule has 0 unspecified atom stereocenters. The fraction of sp³-hybridized carbons (Fsp3) is 0.636. The van der Waals surface area contributed by atoms with E-state index in [1.54, 1.807) is 14.2 Å². The fourth-order valence-corrected chi connectivity index (χ4v) is 5.25. The summed E-state index contributed by atoms with van der Waals surface area (Å²) in [5, 5.41) is 3.05. The van der Waals surface area contributed by atoms with E-state index in [9.17, 15) is 9.59 Å². The van der Waals surface area contributed by atoms with Crippen molar-refractivity contribution in [2.45, 2.75) is 57.0 Å². The first kappa shape index (κ1) is 20.0. The molecule has 1 aliphatic carbocycles. The van der Waals surface area contributed by atoms with Crippen LogP contribution in [0.5, 0.6) is 11.5 Å². The van der Waals surface area contributed by atoms with Gasteiger partial charge in [-0.25, -0.2) is 9.69 Å². The maximum Gasteiger partial charge on any atom is 0.326 e. The molecule has 1 N–H and O–H groups in total. The van der Waals surface area contributed by atoms with Crippen molar-refractivity contribution in [1.29, 1.82) is 0 Å². The minimum Gasteiger partial charge on any atom is -0.497 e. The molecule has 7 heteroatoms. The van der Waals surface area contributed by atoms with Crippen LogP contribution in [0, 0.1) is 5.92 Å². The molecule has 0 aromatic heterocycles. The van der Waals surface area contributed by atoms with Crippen LogP contribution in [0.3, 0.4) is 0 Å². The number of methoxy groups -OCH3 is 2. The highest BCUT2D eigenvalue weighted by Crippen LogP contribution is 2.41. The Bertz CT molecular complexity index is 798. The third-order valence-electron chi connectivity index (χ3n) is 6.98. The van der Waals surface area contributed by atoms with Crippen LogP contribution < -0.4 is 14.8 Å². The minimum atomic E-state index is -0.710. The average molecular weight is 402 g/mol. The van der Waals surface area contributed by atoms with E-state index in [2.05, 4.69) is 17.1 Å². The topological polar surface area (TPSA) is 71.1 Å². The number of ether oxygens (including phenoxy) is 2. The van der Waals surface area contributed by atoms with Crippen LogP contribution in [-0.2, 0) is 4.79 Å². The van der Waals surface area contributed by atoms with E-state index in [0.29, 0.717) is 6.67 Å². The highest BCUT2D eigenvalue weighted by molar-refractivity contribution is 6.07. The number of amides is 3. The summed E-state index contributed by atoms with van der Waals surface area (Å²) in [5.41, 5.74) is 0.329. The lowest BCUT2D eigenvalue weighted by Gasteiger charge is -2.37. The third-order valence-corrected chi connectivity index (χ3v) is 6.98. The lowest BCUT2D eigenvalue weighted by atomic mass is 9.73. The zero-order chi connectivity index (χ0) is 20.6. The summed E-state index contributed by atoms with van der Waals surface area (Å²) in [6.07, 6.45) is 5.79. The van der Waals surface area contributed by atoms with Gasteiger partial charge < -0.3 is 14.8 Å². The second-order valence-corrected chi connectivity index (χ2v) is 8.50. The predicted octanol–water partition coefficient (Wildman–Crippen LogP) is 3.30. The highest BCUT2D eigenvalue weighted by atomic mass is 16.5. The van der Waals surface area contributed by atoms with Gasteiger partial charge in [-0.3, -0.25) is 9.69 Å². The molecule has 3 amide bonds. The number of hydrogen-bond donors (Lipinski definition) is 1. The monoisotopic (exact) mass is 401 g/mol. The standard InChI is InChI=1S/C22H31N3O4/c1-15-7-4-5-11-22(15)20(26)25(21(27)23-22)14-24-12-6-8-18(24)17-13-16(28-2)9-10-19(17)29-3/h9-10,13,15,18H,4-8,11-12,14H2,1-3H3,(H,23,27)/t15-,18+,22+/m1/s1. The summed E-state index contributed by atoms with van der Waals surface area (Å²) < 4.78 is 11.0. The highest BCUT2D eigenvalue weighted by Gasteiger charge is 2.55. The van der Waals surface area contributed by atoms with Gasteiger partial charge in [0.2, 0.25) is 0 Å². The SMILES string of the molecule is COc1ccc(OC)c([C@@H]2CCCN2CN2C(=O)N[C@]3(CCCC[C@H]3C)C2=O)c1. The number of carbonyl (C=O) groups is 2. The zero-order valence-electron chi connectivity index (χ0n) is 17.6. The zero-order valence-corrected chi connectivity index (χ0v) is 17.6. The summed E-state index contributed by atoms with van der Waals surface area (Å²) in [6, 6.07) is 5.62. The van der Waals surface area contributed by atoms with Gasteiger partial charge in [-0.15, -0.1) is 0 Å². The van der Waals surface area contributed by atoms with Crippen molar-refractivity contribution in [1.82, 2.24) is 15.1 Å². The molecule has 158 valence electrons. The molecule has 29 heavy (non-hydrogen) atoms. The molecule has 1 spiro atoms. The van der Waals surface area contributed by atoms with E-state index in [1.807, 2.05) is 18.2 Å². The normalized spacial score (nSPS) is 30.1. The minimum absolute atomic E-state index is 0.0574. The van der Waals surface area contributed by atoms with Crippen LogP contribution in [-0.4, -0.2) is 54.7 Å². The molecule has 3 fully saturated rings. The number of carbonyl (C=O) groups excluding carboxylic acids is 2. The molecule has 3 aliphatic rings. The molecular formula is C22H31N3O4. The van der Waals surface area contributed by atoms with Gasteiger partial charge in [0, 0.05) is 18.2 Å². The Morgan fingerprint density at radius 1 is 1.14 bits per heavy atom. The molecular weight excluding hydrogens is 370 g/mol. The van der Waals surface area contributed by atoms with Gasteiger partial charge in [0.1, 0.15) is 17.0 Å². The number of nitrogens with zero attached hydrogens (tertiary/aromatic N) is 2. The first-order valence-electron chi connectivity index (χ1n) is 10.6. The van der Waals surface area contributed by atoms with Crippen LogP contribution in [0.1, 0.15) is 57.1 Å². The second-order valence-electron chi connectivity index (χ2n) is 8.50. The molecule has 2 heterocycles. The van der Waals surface area contributed by atoms with Crippen molar-refractivity contribution >= 4 is 11.9 Å². The largest absolute Gasteiger partial charge is 0.497 e. The van der Waals surface area contributed by atoms with Crippen LogP contribution in [0.2, 0.25) is 0 Å². The van der Waals surface area contributed by atoms with Gasteiger partial charge in [-0.2, -0.15) is 0 Å². The average Bonchev–Trinajstić information content (AvgIpc) is 3.29. The summed E-state index contributed by atoms with van der Waals surface area (Å²) >= 11 is 0. The van der Waals surface area contributed by atoms with E-state index < -0.39 is 5.54 Å². The van der Waals surface area contributed by atoms with Crippen molar-refractivity contribution in [2.24, 2.45) is 5.92 Å². The number of imide groups is 1. The number of rotatable bonds is 5. The molecule has 7 nitrogen and oxygen atoms in total. The number of nitrogens with one attached hydrogen (secondary N) is 1. The summed E-state index contributed by atoms with van der Waals surface area (Å²) in [5.74, 6) is 1.69. The van der Waals surface area contributed by atoms with E-state index in [4.69, 9.17) is 9.47 Å². The Balaban J connectivity index is 1.56. The van der Waals surface area contributed by atoms with Crippen molar-refractivity contribution < 1.29 is 19.1 Å². The van der Waals surface area contributed by atoms with Crippen molar-refractivity contribution in [3.8, 4) is 11.5 Å². The fourth-order valence-electron chi connectivity index (χ4n) is 5.25. The van der Waals surface area contributed by atoms with Crippen LogP contribution in [0.25, 0.3) is 0 Å². The van der Waals surface area contributed by atoms with Crippen LogP contribution in [0.4, 0.5) is 4.79 Å². The molecule has 0 radical (unpaired) electrons. The van der Waals surface area contributed by atoms with Crippen LogP contribution in [0.15, 0.2) is 18.2 Å².